The number of nitrogens with one attached hydrogen (secondary N) is 1. The molecule has 1 N–H and O–H groups in total. The van der Waals surface area contributed by atoms with E-state index in [9.17, 15) is 4.79 Å². The number of benzene rings is 1. The molecule has 24 heavy (non-hydrogen) atoms. The van der Waals surface area contributed by atoms with Gasteiger partial charge in [0.1, 0.15) is 5.76 Å². The predicted octanol–water partition coefficient (Wildman–Crippen LogP) is 3.82. The summed E-state index contributed by atoms with van der Waals surface area (Å²) in [6.45, 7) is 3.81. The van der Waals surface area contributed by atoms with E-state index in [1.807, 2.05) is 35.2 Å². The van der Waals surface area contributed by atoms with Crippen molar-refractivity contribution in [2.45, 2.75) is 19.3 Å². The third-order valence-electron chi connectivity index (χ3n) is 5.40. The highest BCUT2D eigenvalue weighted by Crippen LogP contribution is 2.37. The first kappa shape index (κ1) is 15.7. The molecule has 4 rings (SSSR count). The molecule has 2 aliphatic heterocycles. The summed E-state index contributed by atoms with van der Waals surface area (Å²) >= 11 is 6.20. The van der Waals surface area contributed by atoms with Gasteiger partial charge < -0.3 is 14.6 Å². The second-order valence-electron chi connectivity index (χ2n) is 6.86. The Balaban J connectivity index is 1.47. The number of nitrogens with zero attached hydrogens (tertiary/aromatic N) is 1. The molecule has 1 amide bonds. The van der Waals surface area contributed by atoms with Gasteiger partial charge in [0.2, 0.25) is 0 Å². The Morgan fingerprint density at radius 3 is 2.62 bits per heavy atom. The monoisotopic (exact) mass is 344 g/mol. The molecule has 5 heteroatoms. The second-order valence-corrected chi connectivity index (χ2v) is 7.27. The van der Waals surface area contributed by atoms with Crippen molar-refractivity contribution in [1.82, 2.24) is 10.2 Å². The van der Waals surface area contributed by atoms with Crippen LogP contribution in [0.15, 0.2) is 40.8 Å². The smallest absolute Gasteiger partial charge is 0.289 e. The highest BCUT2D eigenvalue weighted by molar-refractivity contribution is 6.33. The number of likely N-dealkylation sites (tertiary alicyclic amines) is 1. The van der Waals surface area contributed by atoms with E-state index in [0.717, 1.165) is 44.6 Å². The SMILES string of the molecule is O=C(c1ccc(-c2ccccc2Cl)o1)N1CCC2(CCNC2)CC1. The maximum Gasteiger partial charge on any atom is 0.289 e. The van der Waals surface area contributed by atoms with Crippen molar-refractivity contribution in [3.8, 4) is 11.3 Å². The third-order valence-corrected chi connectivity index (χ3v) is 5.73. The quantitative estimate of drug-likeness (QED) is 0.900. The van der Waals surface area contributed by atoms with Crippen molar-refractivity contribution in [2.24, 2.45) is 5.41 Å². The molecular weight excluding hydrogens is 324 g/mol. The van der Waals surface area contributed by atoms with Gasteiger partial charge in [-0.3, -0.25) is 4.79 Å². The number of piperidine rings is 1. The number of hydrogen-bond acceptors (Lipinski definition) is 3. The number of furan rings is 1. The summed E-state index contributed by atoms with van der Waals surface area (Å²) in [6, 6.07) is 11.1. The molecule has 2 aliphatic rings. The Morgan fingerprint density at radius 2 is 1.92 bits per heavy atom. The van der Waals surface area contributed by atoms with Crippen molar-refractivity contribution in [2.75, 3.05) is 26.2 Å². The molecule has 4 nitrogen and oxygen atoms in total. The van der Waals surface area contributed by atoms with E-state index in [-0.39, 0.29) is 5.91 Å². The molecule has 1 aromatic heterocycles. The first-order valence-corrected chi connectivity index (χ1v) is 8.89. The van der Waals surface area contributed by atoms with Gasteiger partial charge in [0.15, 0.2) is 5.76 Å². The largest absolute Gasteiger partial charge is 0.451 e. The molecule has 0 aliphatic carbocycles. The van der Waals surface area contributed by atoms with Gasteiger partial charge in [0, 0.05) is 25.2 Å². The van der Waals surface area contributed by atoms with Crippen LogP contribution in [-0.4, -0.2) is 37.0 Å². The highest BCUT2D eigenvalue weighted by atomic mass is 35.5. The Labute approximate surface area is 146 Å². The van der Waals surface area contributed by atoms with E-state index in [0.29, 0.717) is 22.0 Å². The Morgan fingerprint density at radius 1 is 1.12 bits per heavy atom. The van der Waals surface area contributed by atoms with Crippen LogP contribution < -0.4 is 5.32 Å². The van der Waals surface area contributed by atoms with Crippen LogP contribution in [0.5, 0.6) is 0 Å². The molecule has 0 radical (unpaired) electrons. The zero-order valence-corrected chi connectivity index (χ0v) is 14.3. The van der Waals surface area contributed by atoms with Crippen molar-refractivity contribution in [1.29, 1.82) is 0 Å². The van der Waals surface area contributed by atoms with Gasteiger partial charge in [-0.1, -0.05) is 23.7 Å². The van der Waals surface area contributed by atoms with Crippen molar-refractivity contribution in [3.05, 3.63) is 47.2 Å². The maximum atomic E-state index is 12.7. The standard InChI is InChI=1S/C19H21ClN2O2/c20-15-4-2-1-3-14(15)16-5-6-17(24-16)18(23)22-11-8-19(9-12-22)7-10-21-13-19/h1-6,21H,7-13H2. The van der Waals surface area contributed by atoms with Crippen LogP contribution in [0.25, 0.3) is 11.3 Å². The van der Waals surface area contributed by atoms with Gasteiger partial charge in [-0.15, -0.1) is 0 Å². The topological polar surface area (TPSA) is 45.5 Å². The summed E-state index contributed by atoms with van der Waals surface area (Å²) in [5, 5.41) is 4.08. The molecule has 0 atom stereocenters. The number of halogens is 1. The van der Waals surface area contributed by atoms with Gasteiger partial charge >= 0.3 is 0 Å². The van der Waals surface area contributed by atoms with E-state index in [4.69, 9.17) is 16.0 Å². The summed E-state index contributed by atoms with van der Waals surface area (Å²) in [5.74, 6) is 1.01. The first-order valence-electron chi connectivity index (χ1n) is 8.52. The number of hydrogen-bond donors (Lipinski definition) is 1. The minimum absolute atomic E-state index is 0.0193. The number of rotatable bonds is 2. The second kappa shape index (κ2) is 6.26. The van der Waals surface area contributed by atoms with Crippen LogP contribution in [0.3, 0.4) is 0 Å². The lowest BCUT2D eigenvalue weighted by atomic mass is 9.78. The van der Waals surface area contributed by atoms with E-state index >= 15 is 0 Å². The fourth-order valence-electron chi connectivity index (χ4n) is 3.82. The molecule has 2 saturated heterocycles. The molecule has 126 valence electrons. The average Bonchev–Trinajstić information content (AvgIpc) is 3.26. The zero-order valence-electron chi connectivity index (χ0n) is 13.6. The molecule has 0 unspecified atom stereocenters. The average molecular weight is 345 g/mol. The van der Waals surface area contributed by atoms with E-state index < -0.39 is 0 Å². The Bertz CT molecular complexity index is 739. The minimum Gasteiger partial charge on any atom is -0.451 e. The minimum atomic E-state index is -0.0193. The molecule has 1 spiro atoms. The molecule has 2 aromatic rings. The summed E-state index contributed by atoms with van der Waals surface area (Å²) in [4.78, 5) is 14.6. The van der Waals surface area contributed by atoms with Crippen LogP contribution in [0, 0.1) is 5.41 Å². The maximum absolute atomic E-state index is 12.7. The van der Waals surface area contributed by atoms with Crippen LogP contribution in [0.2, 0.25) is 5.02 Å². The molecule has 0 bridgehead atoms. The summed E-state index contributed by atoms with van der Waals surface area (Å²) < 4.78 is 5.79. The van der Waals surface area contributed by atoms with E-state index in [1.165, 1.54) is 6.42 Å². The normalized spacial score (nSPS) is 19.8. The van der Waals surface area contributed by atoms with Crippen LogP contribution in [-0.2, 0) is 0 Å². The van der Waals surface area contributed by atoms with Crippen LogP contribution in [0.1, 0.15) is 29.8 Å². The molecule has 1 aromatic carbocycles. The predicted molar refractivity (Wildman–Crippen MR) is 94.2 cm³/mol. The third kappa shape index (κ3) is 2.85. The molecule has 0 saturated carbocycles. The molecule has 3 heterocycles. The highest BCUT2D eigenvalue weighted by Gasteiger charge is 2.38. The fourth-order valence-corrected chi connectivity index (χ4v) is 4.05. The fraction of sp³-hybridized carbons (Fsp3) is 0.421. The van der Waals surface area contributed by atoms with Gasteiger partial charge in [-0.05, 0) is 55.5 Å². The van der Waals surface area contributed by atoms with E-state index in [1.54, 1.807) is 6.07 Å². The summed E-state index contributed by atoms with van der Waals surface area (Å²) in [6.07, 6.45) is 3.38. The van der Waals surface area contributed by atoms with Crippen molar-refractivity contribution < 1.29 is 9.21 Å². The van der Waals surface area contributed by atoms with Gasteiger partial charge in [0.25, 0.3) is 5.91 Å². The number of carbonyl (C=O) groups excluding carboxylic acids is 1. The van der Waals surface area contributed by atoms with Crippen LogP contribution >= 0.6 is 11.6 Å². The van der Waals surface area contributed by atoms with Crippen molar-refractivity contribution >= 4 is 17.5 Å². The van der Waals surface area contributed by atoms with Crippen molar-refractivity contribution in [3.63, 3.8) is 0 Å². The lowest BCUT2D eigenvalue weighted by molar-refractivity contribution is 0.0578. The number of amides is 1. The van der Waals surface area contributed by atoms with Gasteiger partial charge in [-0.2, -0.15) is 0 Å². The number of carbonyl (C=O) groups is 1. The lowest BCUT2D eigenvalue weighted by Crippen LogP contribution is -2.43. The van der Waals surface area contributed by atoms with Gasteiger partial charge in [0.05, 0.1) is 5.02 Å². The summed E-state index contributed by atoms with van der Waals surface area (Å²) in [7, 11) is 0. The zero-order chi connectivity index (χ0) is 16.6. The lowest BCUT2D eigenvalue weighted by Gasteiger charge is -2.38. The molecule has 2 fully saturated rings. The first-order chi connectivity index (χ1) is 11.7. The Hall–Kier alpha value is -1.78. The Kier molecular flexibility index (Phi) is 4.10. The van der Waals surface area contributed by atoms with Gasteiger partial charge in [-0.25, -0.2) is 0 Å². The van der Waals surface area contributed by atoms with E-state index in [2.05, 4.69) is 5.32 Å². The van der Waals surface area contributed by atoms with Crippen LogP contribution in [0.4, 0.5) is 0 Å². The summed E-state index contributed by atoms with van der Waals surface area (Å²) in [5.41, 5.74) is 1.22. The molecular formula is C19H21ClN2O2.